The highest BCUT2D eigenvalue weighted by Gasteiger charge is 2.20. The number of amides is 1. The Labute approximate surface area is 304 Å². The summed E-state index contributed by atoms with van der Waals surface area (Å²) >= 11 is 1.55. The Hall–Kier alpha value is -5.19. The van der Waals surface area contributed by atoms with E-state index >= 15 is 0 Å². The molecule has 1 saturated heterocycles. The van der Waals surface area contributed by atoms with Crippen molar-refractivity contribution in [3.05, 3.63) is 129 Å². The minimum Gasteiger partial charge on any atom is -0.494 e. The number of hydrogen-bond acceptors (Lipinski definition) is 9. The molecule has 0 spiro atoms. The van der Waals surface area contributed by atoms with Crippen LogP contribution >= 0.6 is 11.3 Å². The lowest BCUT2D eigenvalue weighted by molar-refractivity contribution is -0.127. The number of benzene rings is 3. The standard InChI is InChI=1S/C41H44N4O5S/c1-4-47-35-6-5-7-36(24-35)48-21-16-32-8-10-33(11-9-32)27-44-17-19-45(20-18-44)40(46)15-12-34-22-30(2)41(31(3)23-34)50-39-14-13-37(25-43-39)49-28-38-26-42-29-51-38/h5-15,22-26,29H,4,16-21,27-28H2,1-3H3/b15-12+. The van der Waals surface area contributed by atoms with Crippen LogP contribution in [0, 0.1) is 13.8 Å². The van der Waals surface area contributed by atoms with Crippen LogP contribution in [0.25, 0.3) is 6.08 Å². The molecule has 0 atom stereocenters. The van der Waals surface area contributed by atoms with E-state index < -0.39 is 0 Å². The van der Waals surface area contributed by atoms with Gasteiger partial charge in [0.2, 0.25) is 11.8 Å². The third-order valence-corrected chi connectivity index (χ3v) is 9.32. The van der Waals surface area contributed by atoms with Gasteiger partial charge >= 0.3 is 0 Å². The molecule has 0 saturated carbocycles. The molecule has 10 heteroatoms. The number of rotatable bonds is 15. The van der Waals surface area contributed by atoms with Crippen LogP contribution in [-0.4, -0.2) is 65.1 Å². The summed E-state index contributed by atoms with van der Waals surface area (Å²) in [5.41, 5.74) is 7.18. The highest BCUT2D eigenvalue weighted by atomic mass is 32.1. The largest absolute Gasteiger partial charge is 0.494 e. The molecule has 3 heterocycles. The number of ether oxygens (including phenoxy) is 4. The number of aryl methyl sites for hydroxylation is 2. The van der Waals surface area contributed by atoms with Crippen molar-refractivity contribution in [3.8, 4) is 28.9 Å². The molecule has 264 valence electrons. The fraction of sp³-hybridized carbons (Fsp3) is 0.293. The third-order valence-electron chi connectivity index (χ3n) is 8.57. The molecule has 9 nitrogen and oxygen atoms in total. The molecular weight excluding hydrogens is 661 g/mol. The van der Waals surface area contributed by atoms with Crippen molar-refractivity contribution >= 4 is 23.3 Å². The summed E-state index contributed by atoms with van der Waals surface area (Å²) < 4.78 is 23.4. The highest BCUT2D eigenvalue weighted by molar-refractivity contribution is 7.09. The van der Waals surface area contributed by atoms with Crippen molar-refractivity contribution in [2.24, 2.45) is 0 Å². The van der Waals surface area contributed by atoms with Gasteiger partial charge in [-0.05, 0) is 85.0 Å². The van der Waals surface area contributed by atoms with Crippen molar-refractivity contribution in [2.45, 2.75) is 40.3 Å². The van der Waals surface area contributed by atoms with Crippen molar-refractivity contribution in [1.29, 1.82) is 0 Å². The maximum atomic E-state index is 13.1. The quantitative estimate of drug-likeness (QED) is 0.102. The van der Waals surface area contributed by atoms with Gasteiger partial charge in [-0.15, -0.1) is 11.3 Å². The van der Waals surface area contributed by atoms with Crippen molar-refractivity contribution in [1.82, 2.24) is 19.8 Å². The molecule has 1 aliphatic heterocycles. The van der Waals surface area contributed by atoms with Crippen LogP contribution in [-0.2, 0) is 24.4 Å². The van der Waals surface area contributed by atoms with Gasteiger partial charge in [0.25, 0.3) is 0 Å². The van der Waals surface area contributed by atoms with E-state index in [2.05, 4.69) is 39.1 Å². The van der Waals surface area contributed by atoms with Crippen molar-refractivity contribution < 1.29 is 23.7 Å². The van der Waals surface area contributed by atoms with Gasteiger partial charge in [0, 0.05) is 63.6 Å². The molecule has 0 N–H and O–H groups in total. The summed E-state index contributed by atoms with van der Waals surface area (Å²) in [5.74, 6) is 3.59. The molecule has 0 unspecified atom stereocenters. The zero-order chi connectivity index (χ0) is 35.4. The van der Waals surface area contributed by atoms with E-state index in [1.54, 1.807) is 41.4 Å². The van der Waals surface area contributed by atoms with Gasteiger partial charge in [0.1, 0.15) is 29.6 Å². The SMILES string of the molecule is CCOc1cccc(OCCc2ccc(CN3CCN(C(=O)/C=C/c4cc(C)c(Oc5ccc(OCc6cncs6)cn5)c(C)c4)CC3)cc2)c1. The van der Waals surface area contributed by atoms with E-state index in [0.717, 1.165) is 64.9 Å². The zero-order valence-corrected chi connectivity index (χ0v) is 30.2. The van der Waals surface area contributed by atoms with E-state index in [1.165, 1.54) is 11.1 Å². The molecule has 1 aliphatic rings. The second-order valence-corrected chi connectivity index (χ2v) is 13.4. The van der Waals surface area contributed by atoms with Gasteiger partial charge in [-0.25, -0.2) is 4.98 Å². The first-order chi connectivity index (χ1) is 24.9. The number of pyridine rings is 1. The number of carbonyl (C=O) groups excluding carboxylic acids is 1. The van der Waals surface area contributed by atoms with Crippen LogP contribution < -0.4 is 18.9 Å². The zero-order valence-electron chi connectivity index (χ0n) is 29.4. The van der Waals surface area contributed by atoms with Crippen LogP contribution in [0.5, 0.6) is 28.9 Å². The molecule has 51 heavy (non-hydrogen) atoms. The molecule has 5 aromatic rings. The Morgan fingerprint density at radius 2 is 1.59 bits per heavy atom. The molecule has 0 aliphatic carbocycles. The van der Waals surface area contributed by atoms with Crippen molar-refractivity contribution in [2.75, 3.05) is 39.4 Å². The lowest BCUT2D eigenvalue weighted by atomic mass is 10.1. The maximum absolute atomic E-state index is 13.1. The molecule has 1 amide bonds. The topological polar surface area (TPSA) is 86.3 Å². The van der Waals surface area contributed by atoms with Crippen LogP contribution in [0.2, 0.25) is 0 Å². The average molecular weight is 705 g/mol. The second-order valence-electron chi connectivity index (χ2n) is 12.4. The smallest absolute Gasteiger partial charge is 0.246 e. The Bertz CT molecular complexity index is 1860. The summed E-state index contributed by atoms with van der Waals surface area (Å²) in [6, 6.07) is 24.2. The van der Waals surface area contributed by atoms with Crippen LogP contribution in [0.1, 0.15) is 39.6 Å². The Balaban J connectivity index is 0.925. The molecule has 3 aromatic carbocycles. The number of aromatic nitrogens is 2. The average Bonchev–Trinajstić information content (AvgIpc) is 3.67. The first kappa shape index (κ1) is 35.6. The highest BCUT2D eigenvalue weighted by Crippen LogP contribution is 2.30. The van der Waals surface area contributed by atoms with E-state index in [4.69, 9.17) is 18.9 Å². The molecule has 0 radical (unpaired) electrons. The van der Waals surface area contributed by atoms with Gasteiger partial charge in [0.15, 0.2) is 0 Å². The number of hydrogen-bond donors (Lipinski definition) is 0. The monoisotopic (exact) mass is 704 g/mol. The minimum absolute atomic E-state index is 0.0309. The van der Waals surface area contributed by atoms with E-state index in [0.29, 0.717) is 44.5 Å². The first-order valence-electron chi connectivity index (χ1n) is 17.3. The number of carbonyl (C=O) groups is 1. The Morgan fingerprint density at radius 1 is 0.843 bits per heavy atom. The number of nitrogens with zero attached hydrogens (tertiary/aromatic N) is 4. The van der Waals surface area contributed by atoms with Gasteiger partial charge in [0.05, 0.1) is 29.8 Å². The van der Waals surface area contributed by atoms with E-state index in [9.17, 15) is 4.79 Å². The van der Waals surface area contributed by atoms with Gasteiger partial charge in [-0.1, -0.05) is 30.3 Å². The Morgan fingerprint density at radius 3 is 2.27 bits per heavy atom. The van der Waals surface area contributed by atoms with Crippen LogP contribution in [0.3, 0.4) is 0 Å². The lowest BCUT2D eigenvalue weighted by Gasteiger charge is -2.34. The molecule has 1 fully saturated rings. The van der Waals surface area contributed by atoms with Gasteiger partial charge < -0.3 is 23.8 Å². The number of piperazine rings is 1. The molecule has 2 aromatic heterocycles. The predicted molar refractivity (Wildman–Crippen MR) is 201 cm³/mol. The first-order valence-corrected chi connectivity index (χ1v) is 18.2. The second kappa shape index (κ2) is 17.6. The molecule has 6 rings (SSSR count). The Kier molecular flexibility index (Phi) is 12.3. The van der Waals surface area contributed by atoms with Crippen LogP contribution in [0.15, 0.2) is 96.8 Å². The fourth-order valence-corrected chi connectivity index (χ4v) is 6.41. The lowest BCUT2D eigenvalue weighted by Crippen LogP contribution is -2.47. The summed E-state index contributed by atoms with van der Waals surface area (Å²) in [7, 11) is 0. The van der Waals surface area contributed by atoms with Gasteiger partial charge in [-0.3, -0.25) is 14.7 Å². The normalized spacial score (nSPS) is 13.4. The minimum atomic E-state index is 0.0309. The van der Waals surface area contributed by atoms with Crippen molar-refractivity contribution in [3.63, 3.8) is 0 Å². The summed E-state index contributed by atoms with van der Waals surface area (Å²) in [6.45, 7) is 11.6. The molecular formula is C41H44N4O5S. The third kappa shape index (κ3) is 10.4. The van der Waals surface area contributed by atoms with E-state index in [-0.39, 0.29) is 5.91 Å². The summed E-state index contributed by atoms with van der Waals surface area (Å²) in [5, 5.41) is 0. The maximum Gasteiger partial charge on any atom is 0.246 e. The predicted octanol–water partition coefficient (Wildman–Crippen LogP) is 7.90. The summed E-state index contributed by atoms with van der Waals surface area (Å²) in [6.07, 6.45) is 7.85. The van der Waals surface area contributed by atoms with Crippen LogP contribution in [0.4, 0.5) is 0 Å². The summed E-state index contributed by atoms with van der Waals surface area (Å²) in [4.78, 5) is 26.9. The molecule has 0 bridgehead atoms. The van der Waals surface area contributed by atoms with E-state index in [1.807, 2.05) is 74.2 Å². The fourth-order valence-electron chi connectivity index (χ4n) is 5.90. The van der Waals surface area contributed by atoms with Gasteiger partial charge in [-0.2, -0.15) is 0 Å². The number of thiazole rings is 1.